The summed E-state index contributed by atoms with van der Waals surface area (Å²) >= 11 is 0. The number of hydrogen-bond donors (Lipinski definition) is 1. The van der Waals surface area contributed by atoms with Gasteiger partial charge in [-0.05, 0) is 36.1 Å². The minimum atomic E-state index is -0.288. The van der Waals surface area contributed by atoms with Crippen LogP contribution in [0.5, 0.6) is 11.5 Å². The molecule has 0 aliphatic carbocycles. The highest BCUT2D eigenvalue weighted by molar-refractivity contribution is 5.94. The fourth-order valence-electron chi connectivity index (χ4n) is 2.69. The zero-order chi connectivity index (χ0) is 20.5. The number of hydrogen-bond acceptors (Lipinski definition) is 4. The number of para-hydroxylation sites is 1. The van der Waals surface area contributed by atoms with Crippen LogP contribution in [-0.4, -0.2) is 44.0 Å². The van der Waals surface area contributed by atoms with Gasteiger partial charge in [-0.2, -0.15) is 0 Å². The SMILES string of the molecule is CCC(C)c1ccccc1OCC(=O)N(C)CC(=O)Nc1cccc(OC)c1. The smallest absolute Gasteiger partial charge is 0.260 e. The third-order valence-electron chi connectivity index (χ3n) is 4.57. The summed E-state index contributed by atoms with van der Waals surface area (Å²) in [4.78, 5) is 25.9. The maximum Gasteiger partial charge on any atom is 0.260 e. The van der Waals surface area contributed by atoms with E-state index in [-0.39, 0.29) is 25.0 Å². The first-order valence-electron chi connectivity index (χ1n) is 9.34. The van der Waals surface area contributed by atoms with Gasteiger partial charge in [0.25, 0.3) is 5.91 Å². The lowest BCUT2D eigenvalue weighted by atomic mass is 9.98. The number of methoxy groups -OCH3 is 1. The second-order valence-electron chi connectivity index (χ2n) is 6.67. The molecule has 0 aromatic heterocycles. The fourth-order valence-corrected chi connectivity index (χ4v) is 2.69. The highest BCUT2D eigenvalue weighted by Gasteiger charge is 2.16. The molecular weight excluding hydrogens is 356 g/mol. The van der Waals surface area contributed by atoms with Crippen molar-refractivity contribution in [1.82, 2.24) is 4.90 Å². The Labute approximate surface area is 166 Å². The molecule has 0 radical (unpaired) electrons. The molecule has 2 amide bonds. The molecule has 6 heteroatoms. The third kappa shape index (κ3) is 6.01. The van der Waals surface area contributed by atoms with Gasteiger partial charge < -0.3 is 19.7 Å². The first kappa shape index (κ1) is 21.3. The Morgan fingerprint density at radius 1 is 1.14 bits per heavy atom. The van der Waals surface area contributed by atoms with Crippen LogP contribution in [0.4, 0.5) is 5.69 Å². The van der Waals surface area contributed by atoms with Crippen LogP contribution in [0.15, 0.2) is 48.5 Å². The highest BCUT2D eigenvalue weighted by Crippen LogP contribution is 2.28. The Hall–Kier alpha value is -3.02. The minimum Gasteiger partial charge on any atom is -0.497 e. The molecule has 0 saturated carbocycles. The zero-order valence-corrected chi connectivity index (χ0v) is 16.9. The third-order valence-corrected chi connectivity index (χ3v) is 4.57. The van der Waals surface area contributed by atoms with E-state index >= 15 is 0 Å². The van der Waals surface area contributed by atoms with Crippen molar-refractivity contribution in [1.29, 1.82) is 0 Å². The van der Waals surface area contributed by atoms with E-state index in [9.17, 15) is 9.59 Å². The van der Waals surface area contributed by atoms with E-state index in [0.29, 0.717) is 23.1 Å². The lowest BCUT2D eigenvalue weighted by molar-refractivity contribution is -0.135. The molecule has 6 nitrogen and oxygen atoms in total. The molecule has 0 heterocycles. The topological polar surface area (TPSA) is 67.9 Å². The van der Waals surface area contributed by atoms with Crippen LogP contribution in [0.3, 0.4) is 0 Å². The molecule has 1 unspecified atom stereocenters. The monoisotopic (exact) mass is 384 g/mol. The summed E-state index contributed by atoms with van der Waals surface area (Å²) in [5.41, 5.74) is 1.69. The molecule has 0 spiro atoms. The molecule has 2 rings (SSSR count). The number of nitrogens with one attached hydrogen (secondary N) is 1. The van der Waals surface area contributed by atoms with E-state index in [1.165, 1.54) is 4.90 Å². The molecule has 0 saturated heterocycles. The van der Waals surface area contributed by atoms with Gasteiger partial charge in [0, 0.05) is 18.8 Å². The number of nitrogens with zero attached hydrogens (tertiary/aromatic N) is 1. The Balaban J connectivity index is 1.88. The van der Waals surface area contributed by atoms with E-state index in [1.54, 1.807) is 38.4 Å². The van der Waals surface area contributed by atoms with Crippen LogP contribution in [-0.2, 0) is 9.59 Å². The number of amides is 2. The van der Waals surface area contributed by atoms with Crippen LogP contribution in [0.25, 0.3) is 0 Å². The summed E-state index contributed by atoms with van der Waals surface area (Å²) in [5.74, 6) is 1.15. The largest absolute Gasteiger partial charge is 0.497 e. The van der Waals surface area contributed by atoms with E-state index in [1.807, 2.05) is 24.3 Å². The van der Waals surface area contributed by atoms with Crippen LogP contribution in [0, 0.1) is 0 Å². The summed E-state index contributed by atoms with van der Waals surface area (Å²) < 4.78 is 10.9. The van der Waals surface area contributed by atoms with Gasteiger partial charge in [-0.1, -0.05) is 38.1 Å². The standard InChI is InChI=1S/C22H28N2O4/c1-5-16(2)19-11-6-7-12-20(19)28-15-22(26)24(3)14-21(25)23-17-9-8-10-18(13-17)27-4/h6-13,16H,5,14-15H2,1-4H3,(H,23,25). The molecule has 28 heavy (non-hydrogen) atoms. The molecule has 2 aromatic rings. The van der Waals surface area contributed by atoms with Gasteiger partial charge >= 0.3 is 0 Å². The maximum atomic E-state index is 12.4. The van der Waals surface area contributed by atoms with E-state index in [0.717, 1.165) is 12.0 Å². The van der Waals surface area contributed by atoms with Crippen molar-refractivity contribution in [2.75, 3.05) is 32.6 Å². The van der Waals surface area contributed by atoms with Crippen LogP contribution >= 0.6 is 0 Å². The normalized spacial score (nSPS) is 11.4. The maximum absolute atomic E-state index is 12.4. The number of benzene rings is 2. The van der Waals surface area contributed by atoms with Crippen molar-refractivity contribution in [3.8, 4) is 11.5 Å². The van der Waals surface area contributed by atoms with Gasteiger partial charge in [-0.3, -0.25) is 9.59 Å². The van der Waals surface area contributed by atoms with E-state index in [2.05, 4.69) is 19.2 Å². The van der Waals surface area contributed by atoms with Crippen molar-refractivity contribution in [3.63, 3.8) is 0 Å². The average molecular weight is 384 g/mol. The van der Waals surface area contributed by atoms with Gasteiger partial charge in [0.05, 0.1) is 13.7 Å². The van der Waals surface area contributed by atoms with Gasteiger partial charge in [0.2, 0.25) is 5.91 Å². The molecule has 1 N–H and O–H groups in total. The molecule has 2 aromatic carbocycles. The highest BCUT2D eigenvalue weighted by atomic mass is 16.5. The lowest BCUT2D eigenvalue weighted by Gasteiger charge is -2.19. The number of carbonyl (C=O) groups is 2. The molecule has 150 valence electrons. The Morgan fingerprint density at radius 2 is 1.89 bits per heavy atom. The van der Waals surface area contributed by atoms with Gasteiger partial charge in [0.1, 0.15) is 11.5 Å². The minimum absolute atomic E-state index is 0.0631. The van der Waals surface area contributed by atoms with Crippen LogP contribution < -0.4 is 14.8 Å². The van der Waals surface area contributed by atoms with Crippen molar-refractivity contribution in [2.45, 2.75) is 26.2 Å². The lowest BCUT2D eigenvalue weighted by Crippen LogP contribution is -2.37. The second-order valence-corrected chi connectivity index (χ2v) is 6.67. The van der Waals surface area contributed by atoms with E-state index < -0.39 is 0 Å². The Morgan fingerprint density at radius 3 is 2.61 bits per heavy atom. The van der Waals surface area contributed by atoms with E-state index in [4.69, 9.17) is 9.47 Å². The second kappa shape index (κ2) is 10.3. The summed E-state index contributed by atoms with van der Waals surface area (Å²) in [5, 5.41) is 2.75. The van der Waals surface area contributed by atoms with Crippen molar-refractivity contribution in [3.05, 3.63) is 54.1 Å². The molecular formula is C22H28N2O4. The number of likely N-dealkylation sites (N-methyl/N-ethyl adjacent to an activating group) is 1. The number of carbonyl (C=O) groups excluding carboxylic acids is 2. The molecule has 0 aliphatic heterocycles. The predicted octanol–water partition coefficient (Wildman–Crippen LogP) is 3.68. The number of ether oxygens (including phenoxy) is 2. The molecule has 0 aliphatic rings. The van der Waals surface area contributed by atoms with Crippen molar-refractivity contribution < 1.29 is 19.1 Å². The van der Waals surface area contributed by atoms with Crippen LogP contribution in [0.1, 0.15) is 31.7 Å². The Bertz CT molecular complexity index is 807. The summed E-state index contributed by atoms with van der Waals surface area (Å²) in [6, 6.07) is 14.8. The summed E-state index contributed by atoms with van der Waals surface area (Å²) in [6.45, 7) is 4.06. The molecule has 0 fully saturated rings. The van der Waals surface area contributed by atoms with Gasteiger partial charge in [-0.25, -0.2) is 0 Å². The fraction of sp³-hybridized carbons (Fsp3) is 0.364. The first-order valence-corrected chi connectivity index (χ1v) is 9.34. The summed E-state index contributed by atoms with van der Waals surface area (Å²) in [6.07, 6.45) is 0.985. The Kier molecular flexibility index (Phi) is 7.87. The molecule has 1 atom stereocenters. The average Bonchev–Trinajstić information content (AvgIpc) is 2.71. The first-order chi connectivity index (χ1) is 13.4. The summed E-state index contributed by atoms with van der Waals surface area (Å²) in [7, 11) is 3.14. The van der Waals surface area contributed by atoms with Crippen LogP contribution in [0.2, 0.25) is 0 Å². The van der Waals surface area contributed by atoms with Crippen molar-refractivity contribution in [2.24, 2.45) is 0 Å². The quantitative estimate of drug-likeness (QED) is 0.716. The zero-order valence-electron chi connectivity index (χ0n) is 16.9. The van der Waals surface area contributed by atoms with Gasteiger partial charge in [0.15, 0.2) is 6.61 Å². The predicted molar refractivity (Wildman–Crippen MR) is 110 cm³/mol. The number of rotatable bonds is 9. The van der Waals surface area contributed by atoms with Crippen molar-refractivity contribution >= 4 is 17.5 Å². The number of anilines is 1. The molecule has 0 bridgehead atoms. The van der Waals surface area contributed by atoms with Gasteiger partial charge in [-0.15, -0.1) is 0 Å².